The highest BCUT2D eigenvalue weighted by Crippen LogP contribution is 2.34. The van der Waals surface area contributed by atoms with E-state index in [9.17, 15) is 5.11 Å². The van der Waals surface area contributed by atoms with Gasteiger partial charge in [-0.3, -0.25) is 0 Å². The van der Waals surface area contributed by atoms with Crippen molar-refractivity contribution in [3.8, 4) is 17.4 Å². The molecule has 1 N–H and O–H groups in total. The number of β-amino-alcohol motifs (C(OH)–C–C–N with tert-alkyl or cyclic N) is 1. The van der Waals surface area contributed by atoms with Crippen molar-refractivity contribution < 1.29 is 18.7 Å². The van der Waals surface area contributed by atoms with Crippen LogP contribution in [0.4, 0.5) is 0 Å². The third kappa shape index (κ3) is 5.32. The Hall–Kier alpha value is -3.16. The first-order valence-corrected chi connectivity index (χ1v) is 12.8. The van der Waals surface area contributed by atoms with Gasteiger partial charge in [0.25, 0.3) is 5.89 Å². The van der Waals surface area contributed by atoms with Crippen LogP contribution in [0.1, 0.15) is 61.1 Å². The molecule has 1 fully saturated rings. The molecule has 0 aliphatic carbocycles. The van der Waals surface area contributed by atoms with Crippen LogP contribution in [0.25, 0.3) is 22.6 Å². The molecule has 5 rings (SSSR count). The fourth-order valence-electron chi connectivity index (χ4n) is 4.84. The summed E-state index contributed by atoms with van der Waals surface area (Å²) in [6, 6.07) is 14.3. The van der Waals surface area contributed by atoms with E-state index in [2.05, 4.69) is 47.1 Å². The summed E-state index contributed by atoms with van der Waals surface area (Å²) in [5.41, 5.74) is 4.82. The van der Waals surface area contributed by atoms with E-state index in [0.29, 0.717) is 41.3 Å². The van der Waals surface area contributed by atoms with E-state index in [1.54, 1.807) is 0 Å². The van der Waals surface area contributed by atoms with Crippen molar-refractivity contribution in [2.24, 2.45) is 0 Å². The summed E-state index contributed by atoms with van der Waals surface area (Å²) in [7, 11) is 0. The van der Waals surface area contributed by atoms with Gasteiger partial charge in [0.05, 0.1) is 5.39 Å². The second kappa shape index (κ2) is 10.4. The Bertz CT molecular complexity index is 1320. The topological polar surface area (TPSA) is 84.8 Å². The van der Waals surface area contributed by atoms with E-state index in [4.69, 9.17) is 13.6 Å². The first kappa shape index (κ1) is 24.5. The summed E-state index contributed by atoms with van der Waals surface area (Å²) in [5.74, 6) is 2.84. The average Bonchev–Trinajstić information content (AvgIpc) is 3.53. The molecule has 36 heavy (non-hydrogen) atoms. The van der Waals surface area contributed by atoms with Crippen molar-refractivity contribution in [2.45, 2.75) is 58.5 Å². The van der Waals surface area contributed by atoms with Crippen molar-refractivity contribution >= 4 is 11.0 Å². The van der Waals surface area contributed by atoms with Crippen molar-refractivity contribution in [2.75, 3.05) is 26.2 Å². The predicted octanol–water partition coefficient (Wildman–Crippen LogP) is 5.84. The van der Waals surface area contributed by atoms with Gasteiger partial charge in [-0.2, -0.15) is 0 Å². The molecule has 1 aliphatic rings. The third-order valence-electron chi connectivity index (χ3n) is 7.16. The number of rotatable bonds is 8. The van der Waals surface area contributed by atoms with Gasteiger partial charge in [0.2, 0.25) is 5.89 Å². The van der Waals surface area contributed by atoms with E-state index in [1.807, 2.05) is 38.1 Å². The number of piperidine rings is 1. The standard InChI is InChI=1S/C29H35N3O4/c1-18(2)28-30-31-29(36-28)27-15-24-25(6-5-7-26(24)35-27)34-17-23(33)16-32-12-10-21(11-13-32)22-9-8-19(3)20(4)14-22/h5-9,14-15,18,21,23,33H,10-13,16-17H2,1-4H3/t23-/m0/s1. The molecule has 1 atom stereocenters. The highest BCUT2D eigenvalue weighted by Gasteiger charge is 2.23. The Morgan fingerprint density at radius 3 is 2.56 bits per heavy atom. The Labute approximate surface area is 212 Å². The minimum absolute atomic E-state index is 0.147. The summed E-state index contributed by atoms with van der Waals surface area (Å²) in [5, 5.41) is 19.7. The molecule has 0 radical (unpaired) electrons. The maximum atomic E-state index is 10.7. The summed E-state index contributed by atoms with van der Waals surface area (Å²) >= 11 is 0. The molecule has 1 aliphatic heterocycles. The maximum Gasteiger partial charge on any atom is 0.283 e. The maximum absolute atomic E-state index is 10.7. The van der Waals surface area contributed by atoms with Gasteiger partial charge in [0.15, 0.2) is 5.76 Å². The van der Waals surface area contributed by atoms with Crippen LogP contribution in [0.5, 0.6) is 5.75 Å². The van der Waals surface area contributed by atoms with Crippen LogP contribution in [0, 0.1) is 13.8 Å². The van der Waals surface area contributed by atoms with Gasteiger partial charge in [-0.05, 0) is 74.5 Å². The van der Waals surface area contributed by atoms with E-state index in [-0.39, 0.29) is 12.5 Å². The number of aliphatic hydroxyl groups excluding tert-OH is 1. The minimum atomic E-state index is -0.575. The highest BCUT2D eigenvalue weighted by atomic mass is 16.5. The van der Waals surface area contributed by atoms with Crippen molar-refractivity contribution in [1.82, 2.24) is 15.1 Å². The van der Waals surface area contributed by atoms with Gasteiger partial charge < -0.3 is 23.6 Å². The zero-order chi connectivity index (χ0) is 25.2. The number of benzene rings is 2. The minimum Gasteiger partial charge on any atom is -0.490 e. The molecule has 0 spiro atoms. The summed E-state index contributed by atoms with van der Waals surface area (Å²) in [4.78, 5) is 2.34. The van der Waals surface area contributed by atoms with E-state index in [0.717, 1.165) is 31.3 Å². The summed E-state index contributed by atoms with van der Waals surface area (Å²) < 4.78 is 17.7. The third-order valence-corrected chi connectivity index (χ3v) is 7.16. The largest absolute Gasteiger partial charge is 0.490 e. The van der Waals surface area contributed by atoms with Crippen LogP contribution in [-0.2, 0) is 0 Å². The number of fused-ring (bicyclic) bond motifs is 1. The molecule has 7 heteroatoms. The lowest BCUT2D eigenvalue weighted by Crippen LogP contribution is -2.40. The first-order chi connectivity index (χ1) is 17.4. The van der Waals surface area contributed by atoms with Gasteiger partial charge in [-0.1, -0.05) is 38.1 Å². The Morgan fingerprint density at radius 2 is 1.83 bits per heavy atom. The molecule has 0 saturated carbocycles. The molecule has 4 aromatic rings. The smallest absolute Gasteiger partial charge is 0.283 e. The monoisotopic (exact) mass is 489 g/mol. The number of aliphatic hydroxyl groups is 1. The Morgan fingerprint density at radius 1 is 1.03 bits per heavy atom. The molecule has 2 aromatic heterocycles. The SMILES string of the molecule is Cc1ccc(C2CCN(C[C@H](O)COc3cccc4oc(-c5nnc(C(C)C)o5)cc34)CC2)cc1C. The number of likely N-dealkylation sites (tertiary alicyclic amines) is 1. The molecule has 3 heterocycles. The fourth-order valence-corrected chi connectivity index (χ4v) is 4.84. The number of aryl methyl sites for hydroxylation is 2. The zero-order valence-corrected chi connectivity index (χ0v) is 21.5. The van der Waals surface area contributed by atoms with Crippen LogP contribution in [0.15, 0.2) is 51.3 Å². The molecule has 7 nitrogen and oxygen atoms in total. The summed E-state index contributed by atoms with van der Waals surface area (Å²) in [6.07, 6.45) is 1.65. The lowest BCUT2D eigenvalue weighted by atomic mass is 9.88. The molecular weight excluding hydrogens is 454 g/mol. The lowest BCUT2D eigenvalue weighted by molar-refractivity contribution is 0.0599. The molecule has 190 valence electrons. The van der Waals surface area contributed by atoms with E-state index < -0.39 is 6.10 Å². The highest BCUT2D eigenvalue weighted by molar-refractivity contribution is 5.87. The van der Waals surface area contributed by atoms with Crippen LogP contribution >= 0.6 is 0 Å². The van der Waals surface area contributed by atoms with E-state index in [1.165, 1.54) is 16.7 Å². The Kier molecular flexibility index (Phi) is 7.12. The number of nitrogens with zero attached hydrogens (tertiary/aromatic N) is 3. The number of hydrogen-bond acceptors (Lipinski definition) is 7. The zero-order valence-electron chi connectivity index (χ0n) is 21.5. The molecule has 0 unspecified atom stereocenters. The number of furan rings is 1. The van der Waals surface area contributed by atoms with E-state index >= 15 is 0 Å². The molecule has 1 saturated heterocycles. The van der Waals surface area contributed by atoms with Gasteiger partial charge >= 0.3 is 0 Å². The number of ether oxygens (including phenoxy) is 1. The lowest BCUT2D eigenvalue weighted by Gasteiger charge is -2.33. The Balaban J connectivity index is 1.16. The summed E-state index contributed by atoms with van der Waals surface area (Å²) in [6.45, 7) is 11.1. The first-order valence-electron chi connectivity index (χ1n) is 12.8. The van der Waals surface area contributed by atoms with Gasteiger partial charge in [-0.15, -0.1) is 10.2 Å². The second-order valence-corrected chi connectivity index (χ2v) is 10.3. The van der Waals surface area contributed by atoms with Crippen molar-refractivity contribution in [3.63, 3.8) is 0 Å². The number of hydrogen-bond donors (Lipinski definition) is 1. The number of aromatic nitrogens is 2. The molecule has 0 bridgehead atoms. The van der Waals surface area contributed by atoms with Crippen molar-refractivity contribution in [1.29, 1.82) is 0 Å². The van der Waals surface area contributed by atoms with Gasteiger partial charge in [0.1, 0.15) is 24.0 Å². The van der Waals surface area contributed by atoms with Crippen LogP contribution in [-0.4, -0.2) is 52.5 Å². The predicted molar refractivity (Wildman–Crippen MR) is 139 cm³/mol. The van der Waals surface area contributed by atoms with Crippen LogP contribution < -0.4 is 4.74 Å². The van der Waals surface area contributed by atoms with Crippen molar-refractivity contribution in [3.05, 3.63) is 65.0 Å². The normalized spacial score (nSPS) is 16.2. The van der Waals surface area contributed by atoms with Crippen LogP contribution in [0.3, 0.4) is 0 Å². The quantitative estimate of drug-likeness (QED) is 0.333. The molecular formula is C29H35N3O4. The van der Waals surface area contributed by atoms with Gasteiger partial charge in [0, 0.05) is 18.5 Å². The molecule has 2 aromatic carbocycles. The average molecular weight is 490 g/mol. The fraction of sp³-hybridized carbons (Fsp3) is 0.448. The van der Waals surface area contributed by atoms with Crippen LogP contribution in [0.2, 0.25) is 0 Å². The molecule has 0 amide bonds. The second-order valence-electron chi connectivity index (χ2n) is 10.3. The van der Waals surface area contributed by atoms with Gasteiger partial charge in [-0.25, -0.2) is 0 Å².